The molecule has 0 aliphatic heterocycles. The maximum absolute atomic E-state index is 12.4. The molecule has 0 unspecified atom stereocenters. The van der Waals surface area contributed by atoms with E-state index in [-0.39, 0.29) is 23.8 Å². The summed E-state index contributed by atoms with van der Waals surface area (Å²) in [7, 11) is 0. The summed E-state index contributed by atoms with van der Waals surface area (Å²) in [5.74, 6) is -0.400. The Morgan fingerprint density at radius 1 is 1.12 bits per heavy atom. The molecule has 0 bridgehead atoms. The molecule has 1 N–H and O–H groups in total. The Balaban J connectivity index is 1.31. The van der Waals surface area contributed by atoms with Crippen molar-refractivity contribution in [1.29, 1.82) is 0 Å². The quantitative estimate of drug-likeness (QED) is 0.275. The number of aromatic nitrogens is 3. The average molecular weight is 495 g/mol. The molecule has 2 aromatic heterocycles. The van der Waals surface area contributed by atoms with Gasteiger partial charge >= 0.3 is 5.97 Å². The molecule has 10 heteroatoms. The van der Waals surface area contributed by atoms with Crippen molar-refractivity contribution >= 4 is 45.6 Å². The molecule has 2 heterocycles. The van der Waals surface area contributed by atoms with Gasteiger partial charge in [-0.3, -0.25) is 9.59 Å². The highest BCUT2D eigenvalue weighted by molar-refractivity contribution is 8.00. The van der Waals surface area contributed by atoms with Crippen LogP contribution in [0.3, 0.4) is 0 Å². The van der Waals surface area contributed by atoms with Gasteiger partial charge in [0, 0.05) is 23.1 Å². The highest BCUT2D eigenvalue weighted by Gasteiger charge is 2.12. The smallest absolute Gasteiger partial charge is 0.338 e. The van der Waals surface area contributed by atoms with Crippen molar-refractivity contribution in [3.63, 3.8) is 0 Å². The Labute approximate surface area is 204 Å². The number of rotatable bonds is 9. The zero-order chi connectivity index (χ0) is 23.9. The number of ether oxygens (including phenoxy) is 1. The lowest BCUT2D eigenvalue weighted by atomic mass is 10.2. The lowest BCUT2D eigenvalue weighted by molar-refractivity contribution is -0.113. The van der Waals surface area contributed by atoms with E-state index in [2.05, 4.69) is 15.4 Å². The monoisotopic (exact) mass is 494 g/mol. The van der Waals surface area contributed by atoms with E-state index in [1.807, 2.05) is 37.3 Å². The Hall–Kier alpha value is -3.50. The Morgan fingerprint density at radius 3 is 2.62 bits per heavy atom. The van der Waals surface area contributed by atoms with Crippen LogP contribution in [-0.4, -0.2) is 32.2 Å². The maximum Gasteiger partial charge on any atom is 0.338 e. The van der Waals surface area contributed by atoms with Gasteiger partial charge in [0.2, 0.25) is 10.9 Å². The fourth-order valence-corrected chi connectivity index (χ4v) is 4.80. The van der Waals surface area contributed by atoms with Gasteiger partial charge in [-0.05, 0) is 42.8 Å². The van der Waals surface area contributed by atoms with Crippen LogP contribution in [0.15, 0.2) is 70.4 Å². The fourth-order valence-electron chi connectivity index (χ4n) is 3.06. The molecule has 4 aromatic rings. The Morgan fingerprint density at radius 2 is 1.88 bits per heavy atom. The van der Waals surface area contributed by atoms with Gasteiger partial charge < -0.3 is 10.1 Å². The highest BCUT2D eigenvalue weighted by atomic mass is 32.2. The molecule has 0 aliphatic rings. The minimum atomic E-state index is -0.546. The van der Waals surface area contributed by atoms with E-state index in [0.29, 0.717) is 21.9 Å². The number of fused-ring (bicyclic) bond motifs is 1. The number of nitrogens with one attached hydrogen (secondary N) is 1. The maximum atomic E-state index is 12.4. The van der Waals surface area contributed by atoms with Crippen LogP contribution in [0.4, 0.5) is 5.69 Å². The van der Waals surface area contributed by atoms with Crippen molar-refractivity contribution in [2.75, 3.05) is 11.1 Å². The molecule has 34 heavy (non-hydrogen) atoms. The first-order chi connectivity index (χ1) is 16.5. The van der Waals surface area contributed by atoms with Crippen molar-refractivity contribution < 1.29 is 14.3 Å². The van der Waals surface area contributed by atoms with Gasteiger partial charge in [-0.2, -0.15) is 9.61 Å². The van der Waals surface area contributed by atoms with Gasteiger partial charge in [0.05, 0.1) is 17.0 Å². The molecule has 8 nitrogen and oxygen atoms in total. The predicted octanol–water partition coefficient (Wildman–Crippen LogP) is 4.19. The standard InChI is InChI=1S/C24H22N4O4S2/c1-2-6-21-27-28-22(30)13-18(26-24(28)34-21)14-32-23(31)16-9-11-17(12-10-16)25-20(29)15-33-19-7-4-3-5-8-19/h3-5,7-13H,2,6,14-15H2,1H3,(H,25,29). The van der Waals surface area contributed by atoms with Crippen LogP contribution in [-0.2, 0) is 22.6 Å². The van der Waals surface area contributed by atoms with Crippen LogP contribution in [0.25, 0.3) is 4.96 Å². The highest BCUT2D eigenvalue weighted by Crippen LogP contribution is 2.18. The van der Waals surface area contributed by atoms with Gasteiger partial charge in [0.1, 0.15) is 11.6 Å². The van der Waals surface area contributed by atoms with E-state index < -0.39 is 5.97 Å². The second-order valence-corrected chi connectivity index (χ2v) is 9.42. The molecule has 1 amide bonds. The van der Waals surface area contributed by atoms with E-state index >= 15 is 0 Å². The summed E-state index contributed by atoms with van der Waals surface area (Å²) in [6, 6.07) is 17.4. The molecule has 0 radical (unpaired) electrons. The predicted molar refractivity (Wildman–Crippen MR) is 132 cm³/mol. The molecule has 0 atom stereocenters. The van der Waals surface area contributed by atoms with Crippen LogP contribution in [0.5, 0.6) is 0 Å². The molecule has 0 saturated heterocycles. The van der Waals surface area contributed by atoms with E-state index in [1.165, 1.54) is 33.7 Å². The molecular weight excluding hydrogens is 472 g/mol. The lowest BCUT2D eigenvalue weighted by Crippen LogP contribution is -2.17. The minimum absolute atomic E-state index is 0.124. The number of anilines is 1. The van der Waals surface area contributed by atoms with Crippen LogP contribution in [0.2, 0.25) is 0 Å². The number of carbonyl (C=O) groups is 2. The molecule has 4 rings (SSSR count). The van der Waals surface area contributed by atoms with E-state index in [4.69, 9.17) is 4.74 Å². The van der Waals surface area contributed by atoms with Crippen molar-refractivity contribution in [2.24, 2.45) is 0 Å². The van der Waals surface area contributed by atoms with Gasteiger partial charge in [0.25, 0.3) is 5.56 Å². The fraction of sp³-hybridized carbons (Fsp3) is 0.208. The first-order valence-electron chi connectivity index (χ1n) is 10.7. The topological polar surface area (TPSA) is 103 Å². The second-order valence-electron chi connectivity index (χ2n) is 7.33. The van der Waals surface area contributed by atoms with Crippen LogP contribution >= 0.6 is 23.1 Å². The van der Waals surface area contributed by atoms with E-state index in [1.54, 1.807) is 24.3 Å². The third kappa shape index (κ3) is 6.09. The summed E-state index contributed by atoms with van der Waals surface area (Å²) in [4.78, 5) is 42.7. The van der Waals surface area contributed by atoms with Crippen molar-refractivity contribution in [3.8, 4) is 0 Å². The third-order valence-electron chi connectivity index (χ3n) is 4.67. The third-order valence-corrected chi connectivity index (χ3v) is 6.65. The normalized spacial score (nSPS) is 10.9. The summed E-state index contributed by atoms with van der Waals surface area (Å²) in [6.45, 7) is 1.92. The Bertz CT molecular complexity index is 1350. The van der Waals surface area contributed by atoms with E-state index in [0.717, 1.165) is 22.7 Å². The number of amides is 1. The molecule has 0 fully saturated rings. The Kier molecular flexibility index (Phi) is 7.71. The molecule has 0 aliphatic carbocycles. The number of thioether (sulfide) groups is 1. The first-order valence-corrected chi connectivity index (χ1v) is 12.5. The van der Waals surface area contributed by atoms with Gasteiger partial charge in [-0.15, -0.1) is 11.8 Å². The molecule has 2 aromatic carbocycles. The second kappa shape index (κ2) is 11.1. The van der Waals surface area contributed by atoms with E-state index in [9.17, 15) is 14.4 Å². The number of benzene rings is 2. The summed E-state index contributed by atoms with van der Waals surface area (Å²) >= 11 is 2.80. The van der Waals surface area contributed by atoms with Gasteiger partial charge in [0.15, 0.2) is 0 Å². The summed E-state index contributed by atoms with van der Waals surface area (Å²) in [5, 5.41) is 7.91. The molecule has 0 saturated carbocycles. The number of hydrogen-bond donors (Lipinski definition) is 1. The van der Waals surface area contributed by atoms with Crippen LogP contribution in [0.1, 0.15) is 34.4 Å². The lowest BCUT2D eigenvalue weighted by Gasteiger charge is -2.07. The number of carbonyl (C=O) groups excluding carboxylic acids is 2. The number of aryl methyl sites for hydroxylation is 1. The number of hydrogen-bond acceptors (Lipinski definition) is 8. The minimum Gasteiger partial charge on any atom is -0.456 e. The largest absolute Gasteiger partial charge is 0.456 e. The van der Waals surface area contributed by atoms with Gasteiger partial charge in [-0.1, -0.05) is 36.5 Å². The zero-order valence-electron chi connectivity index (χ0n) is 18.4. The summed E-state index contributed by atoms with van der Waals surface area (Å²) in [5.41, 5.74) is 0.978. The first kappa shape index (κ1) is 23.7. The van der Waals surface area contributed by atoms with Gasteiger partial charge in [-0.25, -0.2) is 9.78 Å². The van der Waals surface area contributed by atoms with Crippen LogP contribution < -0.4 is 10.9 Å². The number of esters is 1. The average Bonchev–Trinajstić information content (AvgIpc) is 3.26. The van der Waals surface area contributed by atoms with Crippen molar-refractivity contribution in [3.05, 3.63) is 87.3 Å². The molecular formula is C24H22N4O4S2. The zero-order valence-corrected chi connectivity index (χ0v) is 20.0. The summed E-state index contributed by atoms with van der Waals surface area (Å²) in [6.07, 6.45) is 1.70. The van der Waals surface area contributed by atoms with Crippen LogP contribution in [0, 0.1) is 0 Å². The number of nitrogens with zero attached hydrogens (tertiary/aromatic N) is 3. The SMILES string of the molecule is CCCc1nn2c(=O)cc(COC(=O)c3ccc(NC(=O)CSc4ccccc4)cc3)nc2s1. The summed E-state index contributed by atoms with van der Waals surface area (Å²) < 4.78 is 6.60. The molecule has 0 spiro atoms. The molecule has 174 valence electrons. The van der Waals surface area contributed by atoms with Crippen molar-refractivity contribution in [1.82, 2.24) is 14.6 Å². The van der Waals surface area contributed by atoms with Crippen molar-refractivity contribution in [2.45, 2.75) is 31.3 Å².